The second kappa shape index (κ2) is 6.04. The second-order valence-corrected chi connectivity index (χ2v) is 4.49. The van der Waals surface area contributed by atoms with Gasteiger partial charge in [-0.25, -0.2) is 4.98 Å². The molecule has 0 unspecified atom stereocenters. The zero-order valence-corrected chi connectivity index (χ0v) is 11.7. The van der Waals surface area contributed by atoms with Crippen LogP contribution in [-0.4, -0.2) is 30.3 Å². The molecule has 1 aromatic heterocycles. The molecule has 19 heavy (non-hydrogen) atoms. The maximum absolute atomic E-state index is 12.5. The molecule has 0 saturated heterocycles. The lowest BCUT2D eigenvalue weighted by atomic mass is 10.2. The topological polar surface area (TPSA) is 56.1 Å². The number of benzene rings is 1. The van der Waals surface area contributed by atoms with Gasteiger partial charge in [-0.05, 0) is 43.7 Å². The molecule has 5 nitrogen and oxygen atoms in total. The standard InChI is InChI=1S/C13H16ClN3O2/c1-15-7-4-8-17-12(18)11-9(16-13(17)14)5-3-6-10(11)19-2/h3,5-6,15H,4,7-8H2,1-2H3. The van der Waals surface area contributed by atoms with Crippen LogP contribution in [0.1, 0.15) is 6.42 Å². The largest absolute Gasteiger partial charge is 0.496 e. The Kier molecular flexibility index (Phi) is 4.39. The molecular weight excluding hydrogens is 266 g/mol. The van der Waals surface area contributed by atoms with E-state index in [0.29, 0.717) is 23.2 Å². The molecular formula is C13H16ClN3O2. The summed E-state index contributed by atoms with van der Waals surface area (Å²) in [6.45, 7) is 1.34. The van der Waals surface area contributed by atoms with Gasteiger partial charge in [-0.2, -0.15) is 0 Å². The highest BCUT2D eigenvalue weighted by molar-refractivity contribution is 6.28. The summed E-state index contributed by atoms with van der Waals surface area (Å²) in [6, 6.07) is 5.29. The van der Waals surface area contributed by atoms with Crippen molar-refractivity contribution in [3.63, 3.8) is 0 Å². The van der Waals surface area contributed by atoms with E-state index in [4.69, 9.17) is 16.3 Å². The average molecular weight is 282 g/mol. The van der Waals surface area contributed by atoms with Crippen molar-refractivity contribution in [2.45, 2.75) is 13.0 Å². The minimum absolute atomic E-state index is 0.163. The number of ether oxygens (including phenoxy) is 1. The maximum Gasteiger partial charge on any atom is 0.266 e. The molecule has 1 N–H and O–H groups in total. The van der Waals surface area contributed by atoms with Crippen LogP contribution in [0.5, 0.6) is 5.75 Å². The lowest BCUT2D eigenvalue weighted by Gasteiger charge is -2.11. The SMILES string of the molecule is CNCCCn1c(Cl)nc2cccc(OC)c2c1=O. The Morgan fingerprint density at radius 2 is 2.26 bits per heavy atom. The van der Waals surface area contributed by atoms with Gasteiger partial charge >= 0.3 is 0 Å². The zero-order chi connectivity index (χ0) is 13.8. The van der Waals surface area contributed by atoms with Gasteiger partial charge in [0.2, 0.25) is 5.28 Å². The molecule has 2 aromatic rings. The Labute approximate surface area is 116 Å². The third-order valence-corrected chi connectivity index (χ3v) is 3.22. The van der Waals surface area contributed by atoms with Crippen LogP contribution in [0.25, 0.3) is 10.9 Å². The Balaban J connectivity index is 2.56. The summed E-state index contributed by atoms with van der Waals surface area (Å²) in [6.07, 6.45) is 0.804. The van der Waals surface area contributed by atoms with E-state index in [9.17, 15) is 4.79 Å². The van der Waals surface area contributed by atoms with Gasteiger partial charge in [-0.3, -0.25) is 9.36 Å². The Morgan fingerprint density at radius 3 is 2.95 bits per heavy atom. The van der Waals surface area contributed by atoms with E-state index in [0.717, 1.165) is 13.0 Å². The van der Waals surface area contributed by atoms with Gasteiger partial charge in [-0.15, -0.1) is 0 Å². The van der Waals surface area contributed by atoms with Gasteiger partial charge in [0.15, 0.2) is 0 Å². The molecule has 0 aliphatic carbocycles. The zero-order valence-electron chi connectivity index (χ0n) is 10.9. The first-order valence-corrected chi connectivity index (χ1v) is 6.44. The van der Waals surface area contributed by atoms with Crippen LogP contribution in [0.4, 0.5) is 0 Å². The Bertz CT molecular complexity index is 640. The number of nitrogens with one attached hydrogen (secondary N) is 1. The van der Waals surface area contributed by atoms with Crippen LogP contribution >= 0.6 is 11.6 Å². The number of halogens is 1. The summed E-state index contributed by atoms with van der Waals surface area (Å²) in [5, 5.41) is 3.71. The number of hydrogen-bond donors (Lipinski definition) is 1. The Hall–Kier alpha value is -1.59. The third-order valence-electron chi connectivity index (χ3n) is 2.93. The average Bonchev–Trinajstić information content (AvgIpc) is 2.41. The van der Waals surface area contributed by atoms with Crippen molar-refractivity contribution in [3.05, 3.63) is 33.8 Å². The van der Waals surface area contributed by atoms with Crippen LogP contribution in [0.15, 0.2) is 23.0 Å². The number of hydrogen-bond acceptors (Lipinski definition) is 4. The van der Waals surface area contributed by atoms with Gasteiger partial charge in [-0.1, -0.05) is 6.07 Å². The maximum atomic E-state index is 12.5. The van der Waals surface area contributed by atoms with Crippen LogP contribution in [0.2, 0.25) is 5.28 Å². The van der Waals surface area contributed by atoms with Crippen molar-refractivity contribution in [2.24, 2.45) is 0 Å². The van der Waals surface area contributed by atoms with E-state index in [2.05, 4.69) is 10.3 Å². The second-order valence-electron chi connectivity index (χ2n) is 4.15. The van der Waals surface area contributed by atoms with E-state index >= 15 is 0 Å². The predicted octanol–water partition coefficient (Wildman–Crippen LogP) is 1.67. The monoisotopic (exact) mass is 281 g/mol. The third kappa shape index (κ3) is 2.72. The minimum Gasteiger partial charge on any atom is -0.496 e. The van der Waals surface area contributed by atoms with E-state index in [1.165, 1.54) is 11.7 Å². The van der Waals surface area contributed by atoms with Crippen molar-refractivity contribution >= 4 is 22.5 Å². The number of methoxy groups -OCH3 is 1. The van der Waals surface area contributed by atoms with Gasteiger partial charge < -0.3 is 10.1 Å². The first kappa shape index (κ1) is 13.8. The van der Waals surface area contributed by atoms with Gasteiger partial charge in [0.25, 0.3) is 5.56 Å². The molecule has 0 fully saturated rings. The molecule has 2 rings (SSSR count). The highest BCUT2D eigenvalue weighted by atomic mass is 35.5. The summed E-state index contributed by atoms with van der Waals surface area (Å²) in [5.41, 5.74) is 0.391. The number of nitrogens with zero attached hydrogens (tertiary/aromatic N) is 2. The molecule has 0 aliphatic rings. The predicted molar refractivity (Wildman–Crippen MR) is 76.1 cm³/mol. The summed E-state index contributed by atoms with van der Waals surface area (Å²) in [4.78, 5) is 16.7. The highest BCUT2D eigenvalue weighted by Crippen LogP contribution is 2.21. The molecule has 6 heteroatoms. The van der Waals surface area contributed by atoms with Crippen LogP contribution in [-0.2, 0) is 6.54 Å². The van der Waals surface area contributed by atoms with Crippen LogP contribution < -0.4 is 15.6 Å². The molecule has 0 saturated carbocycles. The smallest absolute Gasteiger partial charge is 0.266 e. The van der Waals surface area contributed by atoms with Crippen molar-refractivity contribution in [3.8, 4) is 5.75 Å². The van der Waals surface area contributed by atoms with Crippen LogP contribution in [0, 0.1) is 0 Å². The van der Waals surface area contributed by atoms with Gasteiger partial charge in [0.05, 0.1) is 12.6 Å². The van der Waals surface area contributed by atoms with Crippen molar-refractivity contribution < 1.29 is 4.74 Å². The van der Waals surface area contributed by atoms with E-state index in [1.54, 1.807) is 18.2 Å². The summed E-state index contributed by atoms with van der Waals surface area (Å²) in [7, 11) is 3.40. The van der Waals surface area contributed by atoms with Gasteiger partial charge in [0.1, 0.15) is 11.1 Å². The van der Waals surface area contributed by atoms with Crippen molar-refractivity contribution in [1.29, 1.82) is 0 Å². The normalized spacial score (nSPS) is 10.9. The molecule has 102 valence electrons. The van der Waals surface area contributed by atoms with Gasteiger partial charge in [0, 0.05) is 6.54 Å². The summed E-state index contributed by atoms with van der Waals surface area (Å²) < 4.78 is 6.70. The number of fused-ring (bicyclic) bond motifs is 1. The van der Waals surface area contributed by atoms with E-state index in [-0.39, 0.29) is 10.8 Å². The minimum atomic E-state index is -0.163. The fourth-order valence-corrected chi connectivity index (χ4v) is 2.24. The first-order valence-electron chi connectivity index (χ1n) is 6.06. The molecule has 0 atom stereocenters. The number of aromatic nitrogens is 2. The molecule has 0 bridgehead atoms. The first-order chi connectivity index (χ1) is 9.19. The lowest BCUT2D eigenvalue weighted by Crippen LogP contribution is -2.24. The fraction of sp³-hybridized carbons (Fsp3) is 0.385. The van der Waals surface area contributed by atoms with E-state index in [1.807, 2.05) is 7.05 Å². The molecule has 0 aliphatic heterocycles. The Morgan fingerprint density at radius 1 is 1.47 bits per heavy atom. The highest BCUT2D eigenvalue weighted by Gasteiger charge is 2.12. The number of rotatable bonds is 5. The van der Waals surface area contributed by atoms with Crippen LogP contribution in [0.3, 0.4) is 0 Å². The summed E-state index contributed by atoms with van der Waals surface area (Å²) in [5.74, 6) is 0.522. The molecule has 0 spiro atoms. The fourth-order valence-electron chi connectivity index (χ4n) is 1.98. The molecule has 1 heterocycles. The molecule has 0 radical (unpaired) electrons. The lowest BCUT2D eigenvalue weighted by molar-refractivity contribution is 0.419. The quantitative estimate of drug-likeness (QED) is 0.669. The summed E-state index contributed by atoms with van der Waals surface area (Å²) >= 11 is 6.07. The van der Waals surface area contributed by atoms with E-state index < -0.39 is 0 Å². The molecule has 0 amide bonds. The van der Waals surface area contributed by atoms with Crippen molar-refractivity contribution in [1.82, 2.24) is 14.9 Å². The molecule has 1 aromatic carbocycles. The van der Waals surface area contributed by atoms with Crippen molar-refractivity contribution in [2.75, 3.05) is 20.7 Å².